The zero-order chi connectivity index (χ0) is 22.8. The van der Waals surface area contributed by atoms with Crippen molar-refractivity contribution in [2.75, 3.05) is 43.9 Å². The first-order chi connectivity index (χ1) is 14.5. The van der Waals surface area contributed by atoms with E-state index in [4.69, 9.17) is 4.74 Å². The summed E-state index contributed by atoms with van der Waals surface area (Å²) < 4.78 is 67.5. The molecule has 0 saturated carbocycles. The molecule has 0 aliphatic carbocycles. The molecule has 31 heavy (non-hydrogen) atoms. The molecule has 3 rings (SSSR count). The van der Waals surface area contributed by atoms with Gasteiger partial charge in [0.1, 0.15) is 5.75 Å². The normalized spacial score (nSPS) is 15.1. The molecule has 2 aromatic carbocycles. The van der Waals surface area contributed by atoms with E-state index in [1.807, 2.05) is 4.90 Å². The highest BCUT2D eigenvalue weighted by atomic mass is 32.2. The predicted octanol–water partition coefficient (Wildman–Crippen LogP) is 3.47. The van der Waals surface area contributed by atoms with E-state index in [0.29, 0.717) is 44.2 Å². The maximum Gasteiger partial charge on any atom is 0.416 e. The third-order valence-electron chi connectivity index (χ3n) is 5.04. The van der Waals surface area contributed by atoms with Crippen molar-refractivity contribution in [2.24, 2.45) is 0 Å². The second kappa shape index (κ2) is 8.78. The van der Waals surface area contributed by atoms with Crippen molar-refractivity contribution < 1.29 is 31.1 Å². The number of carbonyl (C=O) groups excluding carboxylic acids is 1. The first-order valence-corrected chi connectivity index (χ1v) is 11.6. The summed E-state index contributed by atoms with van der Waals surface area (Å²) in [6.07, 6.45) is -3.32. The fraction of sp³-hybridized carbons (Fsp3) is 0.381. The van der Waals surface area contributed by atoms with Crippen molar-refractivity contribution >= 4 is 21.4 Å². The largest absolute Gasteiger partial charge is 0.493 e. The van der Waals surface area contributed by atoms with Gasteiger partial charge >= 0.3 is 6.18 Å². The molecular weight excluding hydrogens is 433 g/mol. The van der Waals surface area contributed by atoms with Gasteiger partial charge in [-0.2, -0.15) is 13.2 Å². The van der Waals surface area contributed by atoms with E-state index in [0.717, 1.165) is 18.4 Å². The molecule has 1 aliphatic rings. The molecule has 2 aromatic rings. The van der Waals surface area contributed by atoms with Crippen LogP contribution in [0.25, 0.3) is 0 Å². The van der Waals surface area contributed by atoms with Gasteiger partial charge in [0.15, 0.2) is 9.84 Å². The van der Waals surface area contributed by atoms with Crippen LogP contribution in [0.15, 0.2) is 47.4 Å². The fourth-order valence-electron chi connectivity index (χ4n) is 3.39. The summed E-state index contributed by atoms with van der Waals surface area (Å²) in [5.74, 6) is -0.0360. The summed E-state index contributed by atoms with van der Waals surface area (Å²) in [7, 11) is -3.49. The first-order valence-electron chi connectivity index (χ1n) is 9.69. The highest BCUT2D eigenvalue weighted by Gasteiger charge is 2.31. The topological polar surface area (TPSA) is 66.9 Å². The Morgan fingerprint density at radius 2 is 1.65 bits per heavy atom. The number of anilines is 1. The van der Waals surface area contributed by atoms with Gasteiger partial charge in [0.2, 0.25) is 0 Å². The number of halogens is 3. The lowest BCUT2D eigenvalue weighted by atomic mass is 10.1. The third kappa shape index (κ3) is 5.30. The molecular formula is C21H23F3N2O4S. The minimum Gasteiger partial charge on any atom is -0.493 e. The van der Waals surface area contributed by atoms with Crippen molar-refractivity contribution in [3.05, 3.63) is 53.6 Å². The zero-order valence-electron chi connectivity index (χ0n) is 17.1. The third-order valence-corrected chi connectivity index (χ3v) is 6.15. The van der Waals surface area contributed by atoms with E-state index in [1.165, 1.54) is 30.3 Å². The molecule has 1 fully saturated rings. The minimum absolute atomic E-state index is 0.0303. The van der Waals surface area contributed by atoms with Crippen molar-refractivity contribution in [3.8, 4) is 5.75 Å². The first kappa shape index (κ1) is 22.9. The molecule has 1 aliphatic heterocycles. The van der Waals surface area contributed by atoms with Crippen molar-refractivity contribution in [2.45, 2.75) is 18.0 Å². The predicted molar refractivity (Wildman–Crippen MR) is 110 cm³/mol. The summed E-state index contributed by atoms with van der Waals surface area (Å²) in [4.78, 5) is 16.6. The Balaban J connectivity index is 1.74. The van der Waals surface area contributed by atoms with Gasteiger partial charge in [0.05, 0.1) is 22.6 Å². The van der Waals surface area contributed by atoms with Crippen LogP contribution < -0.4 is 9.64 Å². The van der Waals surface area contributed by atoms with Gasteiger partial charge < -0.3 is 14.5 Å². The van der Waals surface area contributed by atoms with E-state index < -0.39 is 21.6 Å². The van der Waals surface area contributed by atoms with E-state index in [1.54, 1.807) is 11.8 Å². The van der Waals surface area contributed by atoms with E-state index in [-0.39, 0.29) is 16.4 Å². The Bertz CT molecular complexity index is 1050. The quantitative estimate of drug-likeness (QED) is 0.689. The van der Waals surface area contributed by atoms with E-state index in [9.17, 15) is 26.4 Å². The smallest absolute Gasteiger partial charge is 0.416 e. The number of alkyl halides is 3. The summed E-state index contributed by atoms with van der Waals surface area (Å²) in [5, 5.41) is 0. The Morgan fingerprint density at radius 1 is 1.03 bits per heavy atom. The van der Waals surface area contributed by atoms with Gasteiger partial charge in [-0.1, -0.05) is 0 Å². The molecule has 0 aromatic heterocycles. The van der Waals surface area contributed by atoms with Crippen LogP contribution in [0.2, 0.25) is 0 Å². The van der Waals surface area contributed by atoms with Crippen LogP contribution in [0.1, 0.15) is 22.8 Å². The average molecular weight is 456 g/mol. The van der Waals surface area contributed by atoms with Crippen molar-refractivity contribution in [3.63, 3.8) is 0 Å². The number of nitrogens with zero attached hydrogens (tertiary/aromatic N) is 2. The molecule has 1 amide bonds. The monoisotopic (exact) mass is 456 g/mol. The molecule has 0 radical (unpaired) electrons. The zero-order valence-corrected chi connectivity index (χ0v) is 18.0. The number of ether oxygens (including phenoxy) is 1. The lowest BCUT2D eigenvalue weighted by molar-refractivity contribution is -0.137. The highest BCUT2D eigenvalue weighted by Crippen LogP contribution is 2.31. The Hall–Kier alpha value is -2.75. The van der Waals surface area contributed by atoms with Gasteiger partial charge in [-0.05, 0) is 49.4 Å². The SMILES string of the molecule is CCOc1ccc(S(C)(=O)=O)cc1C(=O)N1CCN(c2ccc(C(F)(F)F)cc2)CC1. The van der Waals surface area contributed by atoms with Crippen LogP contribution in [0.5, 0.6) is 5.75 Å². The Kier molecular flexibility index (Phi) is 6.49. The minimum atomic E-state index is -4.39. The number of carbonyl (C=O) groups is 1. The lowest BCUT2D eigenvalue weighted by Gasteiger charge is -2.36. The van der Waals surface area contributed by atoms with E-state index >= 15 is 0 Å². The van der Waals surface area contributed by atoms with Crippen LogP contribution in [0, 0.1) is 0 Å². The maximum absolute atomic E-state index is 13.1. The molecule has 1 saturated heterocycles. The second-order valence-corrected chi connectivity index (χ2v) is 9.20. The molecule has 0 spiro atoms. The summed E-state index contributed by atoms with van der Waals surface area (Å²) in [6.45, 7) is 3.64. The molecule has 10 heteroatoms. The van der Waals surface area contributed by atoms with Crippen LogP contribution >= 0.6 is 0 Å². The summed E-state index contributed by atoms with van der Waals surface area (Å²) in [5.41, 5.74) is 0.112. The van der Waals surface area contributed by atoms with Gasteiger partial charge in [0, 0.05) is 38.1 Å². The van der Waals surface area contributed by atoms with Gasteiger partial charge in [-0.25, -0.2) is 8.42 Å². The summed E-state index contributed by atoms with van der Waals surface area (Å²) >= 11 is 0. The summed E-state index contributed by atoms with van der Waals surface area (Å²) in [6, 6.07) is 9.12. The molecule has 0 unspecified atom stereocenters. The maximum atomic E-state index is 13.1. The van der Waals surface area contributed by atoms with Crippen molar-refractivity contribution in [1.29, 1.82) is 0 Å². The lowest BCUT2D eigenvalue weighted by Crippen LogP contribution is -2.48. The Labute approximate surface area is 179 Å². The number of benzene rings is 2. The molecule has 1 heterocycles. The molecule has 168 valence electrons. The van der Waals surface area contributed by atoms with Gasteiger partial charge in [0.25, 0.3) is 5.91 Å². The number of hydrogen-bond donors (Lipinski definition) is 0. The van der Waals surface area contributed by atoms with Gasteiger partial charge in [-0.3, -0.25) is 4.79 Å². The van der Waals surface area contributed by atoms with Crippen LogP contribution in [0.3, 0.4) is 0 Å². The number of piperazine rings is 1. The van der Waals surface area contributed by atoms with Crippen LogP contribution in [-0.4, -0.2) is 58.3 Å². The number of amides is 1. The van der Waals surface area contributed by atoms with Gasteiger partial charge in [-0.15, -0.1) is 0 Å². The molecule has 0 atom stereocenters. The van der Waals surface area contributed by atoms with Crippen molar-refractivity contribution in [1.82, 2.24) is 4.90 Å². The number of rotatable bonds is 5. The highest BCUT2D eigenvalue weighted by molar-refractivity contribution is 7.90. The van der Waals surface area contributed by atoms with E-state index in [2.05, 4.69) is 0 Å². The number of sulfone groups is 1. The second-order valence-electron chi connectivity index (χ2n) is 7.19. The standard InChI is InChI=1S/C21H23F3N2O4S/c1-3-30-19-9-8-17(31(2,28)29)14-18(19)20(27)26-12-10-25(11-13-26)16-6-4-15(5-7-16)21(22,23)24/h4-9,14H,3,10-13H2,1-2H3. The number of hydrogen-bond acceptors (Lipinski definition) is 5. The average Bonchev–Trinajstić information content (AvgIpc) is 2.72. The molecule has 0 N–H and O–H groups in total. The van der Waals surface area contributed by atoms with Crippen LogP contribution in [0.4, 0.5) is 18.9 Å². The fourth-order valence-corrected chi connectivity index (χ4v) is 4.03. The Morgan fingerprint density at radius 3 is 2.16 bits per heavy atom. The molecule has 0 bridgehead atoms. The van der Waals surface area contributed by atoms with Crippen LogP contribution in [-0.2, 0) is 16.0 Å². The molecule has 6 nitrogen and oxygen atoms in total.